The number of anilines is 1. The van der Waals surface area contributed by atoms with E-state index in [0.717, 1.165) is 6.07 Å². The Morgan fingerprint density at radius 3 is 2.78 bits per heavy atom. The van der Waals surface area contributed by atoms with E-state index in [9.17, 15) is 9.18 Å². The van der Waals surface area contributed by atoms with Crippen molar-refractivity contribution in [1.29, 1.82) is 0 Å². The molecule has 2 aromatic rings. The third-order valence-corrected chi connectivity index (χ3v) is 2.28. The van der Waals surface area contributed by atoms with E-state index >= 15 is 0 Å². The van der Waals surface area contributed by atoms with Gasteiger partial charge in [-0.3, -0.25) is 4.79 Å². The van der Waals surface area contributed by atoms with Crippen molar-refractivity contribution in [2.75, 3.05) is 12.4 Å². The van der Waals surface area contributed by atoms with E-state index in [1.807, 2.05) is 0 Å². The number of aromatic nitrogens is 1. The zero-order chi connectivity index (χ0) is 13.1. The highest BCUT2D eigenvalue weighted by Crippen LogP contribution is 2.18. The van der Waals surface area contributed by atoms with Gasteiger partial charge in [0.25, 0.3) is 5.91 Å². The minimum Gasteiger partial charge on any atom is -0.494 e. The molecule has 1 heterocycles. The fourth-order valence-corrected chi connectivity index (χ4v) is 1.42. The van der Waals surface area contributed by atoms with E-state index < -0.39 is 11.7 Å². The van der Waals surface area contributed by atoms with Gasteiger partial charge in [-0.1, -0.05) is 5.16 Å². The predicted octanol–water partition coefficient (Wildman–Crippen LogP) is 2.38. The Kier molecular flexibility index (Phi) is 3.27. The van der Waals surface area contributed by atoms with Crippen LogP contribution in [0.4, 0.5) is 10.2 Å². The molecule has 1 N–H and O–H groups in total. The molecule has 18 heavy (non-hydrogen) atoms. The number of ether oxygens (including phenoxy) is 1. The molecule has 0 radical (unpaired) electrons. The largest absolute Gasteiger partial charge is 0.494 e. The maximum absolute atomic E-state index is 13.4. The quantitative estimate of drug-likeness (QED) is 0.908. The first-order valence-electron chi connectivity index (χ1n) is 5.18. The Hall–Kier alpha value is -2.37. The number of nitrogens with zero attached hydrogens (tertiary/aromatic N) is 1. The molecule has 0 saturated heterocycles. The molecule has 0 atom stereocenters. The molecule has 1 aromatic heterocycles. The Bertz CT molecular complexity index is 580. The van der Waals surface area contributed by atoms with Crippen molar-refractivity contribution in [2.45, 2.75) is 6.92 Å². The van der Waals surface area contributed by atoms with Crippen LogP contribution in [0.1, 0.15) is 16.1 Å². The van der Waals surface area contributed by atoms with Crippen molar-refractivity contribution >= 4 is 11.7 Å². The van der Waals surface area contributed by atoms with Gasteiger partial charge in [-0.05, 0) is 25.1 Å². The number of hydrogen-bond donors (Lipinski definition) is 1. The Labute approximate surface area is 103 Å². The predicted molar refractivity (Wildman–Crippen MR) is 62.1 cm³/mol. The van der Waals surface area contributed by atoms with Gasteiger partial charge in [-0.15, -0.1) is 0 Å². The average Bonchev–Trinajstić information content (AvgIpc) is 2.74. The highest BCUT2D eigenvalue weighted by atomic mass is 19.1. The van der Waals surface area contributed by atoms with Crippen LogP contribution in [0, 0.1) is 12.7 Å². The summed E-state index contributed by atoms with van der Waals surface area (Å²) in [5, 5.41) is 6.10. The number of benzene rings is 1. The average molecular weight is 250 g/mol. The third-order valence-electron chi connectivity index (χ3n) is 2.28. The molecular formula is C12H11FN2O3. The lowest BCUT2D eigenvalue weighted by molar-refractivity contribution is 0.102. The first-order valence-corrected chi connectivity index (χ1v) is 5.18. The van der Waals surface area contributed by atoms with Crippen LogP contribution >= 0.6 is 0 Å². The van der Waals surface area contributed by atoms with Gasteiger partial charge in [-0.2, -0.15) is 0 Å². The minimum absolute atomic E-state index is 0.0869. The van der Waals surface area contributed by atoms with Crippen LogP contribution in [0.3, 0.4) is 0 Å². The van der Waals surface area contributed by atoms with Crippen LogP contribution < -0.4 is 10.1 Å². The third kappa shape index (κ3) is 2.48. The summed E-state index contributed by atoms with van der Waals surface area (Å²) < 4.78 is 23.0. The van der Waals surface area contributed by atoms with Gasteiger partial charge in [0.05, 0.1) is 7.11 Å². The second-order valence-corrected chi connectivity index (χ2v) is 3.63. The van der Waals surface area contributed by atoms with Crippen molar-refractivity contribution in [3.63, 3.8) is 0 Å². The zero-order valence-electron chi connectivity index (χ0n) is 9.86. The van der Waals surface area contributed by atoms with Crippen molar-refractivity contribution in [3.05, 3.63) is 41.4 Å². The summed E-state index contributed by atoms with van der Waals surface area (Å²) in [6, 6.07) is 5.52. The van der Waals surface area contributed by atoms with Crippen LogP contribution in [-0.4, -0.2) is 18.2 Å². The van der Waals surface area contributed by atoms with Gasteiger partial charge in [0.2, 0.25) is 0 Å². The molecule has 0 fully saturated rings. The van der Waals surface area contributed by atoms with Crippen LogP contribution in [0.15, 0.2) is 28.8 Å². The topological polar surface area (TPSA) is 64.4 Å². The molecule has 1 aromatic carbocycles. The number of carbonyl (C=O) groups is 1. The molecule has 2 rings (SSSR count). The lowest BCUT2D eigenvalue weighted by Gasteiger charge is -2.04. The summed E-state index contributed by atoms with van der Waals surface area (Å²) in [5.74, 6) is -0.116. The van der Waals surface area contributed by atoms with E-state index in [1.54, 1.807) is 13.0 Å². The number of carbonyl (C=O) groups excluding carboxylic acids is 1. The first-order chi connectivity index (χ1) is 8.60. The second kappa shape index (κ2) is 4.87. The van der Waals surface area contributed by atoms with E-state index in [-0.39, 0.29) is 17.1 Å². The van der Waals surface area contributed by atoms with Crippen LogP contribution in [0.2, 0.25) is 0 Å². The molecule has 0 spiro atoms. The van der Waals surface area contributed by atoms with Crippen molar-refractivity contribution < 1.29 is 18.4 Å². The summed E-state index contributed by atoms with van der Waals surface area (Å²) >= 11 is 0. The van der Waals surface area contributed by atoms with Crippen LogP contribution in [0.25, 0.3) is 0 Å². The fraction of sp³-hybridized carbons (Fsp3) is 0.167. The summed E-state index contributed by atoms with van der Waals surface area (Å²) in [4.78, 5) is 11.8. The number of nitrogens with one attached hydrogen (secondary N) is 1. The molecule has 0 aliphatic heterocycles. The minimum atomic E-state index is -0.596. The SMILES string of the molecule is COc1ccc(C(=O)Nc2cc(C)on2)cc1F. The normalized spacial score (nSPS) is 10.2. The van der Waals surface area contributed by atoms with Crippen molar-refractivity contribution in [3.8, 4) is 5.75 Å². The molecule has 0 aliphatic carbocycles. The molecule has 6 heteroatoms. The summed E-state index contributed by atoms with van der Waals surface area (Å²) in [6.07, 6.45) is 0. The molecule has 0 aliphatic rings. The second-order valence-electron chi connectivity index (χ2n) is 3.63. The van der Waals surface area contributed by atoms with E-state index in [4.69, 9.17) is 9.26 Å². The number of amides is 1. The van der Waals surface area contributed by atoms with Gasteiger partial charge < -0.3 is 14.6 Å². The molecule has 94 valence electrons. The van der Waals surface area contributed by atoms with E-state index in [2.05, 4.69) is 10.5 Å². The lowest BCUT2D eigenvalue weighted by atomic mass is 10.2. The summed E-state index contributed by atoms with van der Waals surface area (Å²) in [7, 11) is 1.36. The maximum Gasteiger partial charge on any atom is 0.257 e. The van der Waals surface area contributed by atoms with Crippen LogP contribution in [0.5, 0.6) is 5.75 Å². The molecule has 0 unspecified atom stereocenters. The van der Waals surface area contributed by atoms with Gasteiger partial charge in [0.15, 0.2) is 17.4 Å². The number of rotatable bonds is 3. The monoisotopic (exact) mass is 250 g/mol. The standard InChI is InChI=1S/C12H11FN2O3/c1-7-5-11(15-18-7)14-12(16)8-3-4-10(17-2)9(13)6-8/h3-6H,1-2H3,(H,14,15,16). The summed E-state index contributed by atoms with van der Waals surface area (Å²) in [6.45, 7) is 1.70. The molecule has 5 nitrogen and oxygen atoms in total. The molecule has 1 amide bonds. The van der Waals surface area contributed by atoms with Crippen LogP contribution in [-0.2, 0) is 0 Å². The Balaban J connectivity index is 2.16. The maximum atomic E-state index is 13.4. The van der Waals surface area contributed by atoms with Crippen molar-refractivity contribution in [1.82, 2.24) is 5.16 Å². The highest BCUT2D eigenvalue weighted by molar-refractivity contribution is 6.03. The van der Waals surface area contributed by atoms with E-state index in [0.29, 0.717) is 5.76 Å². The Morgan fingerprint density at radius 1 is 1.44 bits per heavy atom. The van der Waals surface area contributed by atoms with Gasteiger partial charge >= 0.3 is 0 Å². The zero-order valence-corrected chi connectivity index (χ0v) is 9.86. The number of hydrogen-bond acceptors (Lipinski definition) is 4. The van der Waals surface area contributed by atoms with Gasteiger partial charge in [0.1, 0.15) is 5.76 Å². The number of aryl methyl sites for hydroxylation is 1. The first kappa shape index (κ1) is 12.1. The molecular weight excluding hydrogens is 239 g/mol. The Morgan fingerprint density at radius 2 is 2.22 bits per heavy atom. The highest BCUT2D eigenvalue weighted by Gasteiger charge is 2.11. The number of methoxy groups -OCH3 is 1. The van der Waals surface area contributed by atoms with Crippen molar-refractivity contribution in [2.24, 2.45) is 0 Å². The van der Waals surface area contributed by atoms with E-state index in [1.165, 1.54) is 19.2 Å². The molecule has 0 saturated carbocycles. The number of halogens is 1. The fourth-order valence-electron chi connectivity index (χ4n) is 1.42. The van der Waals surface area contributed by atoms with Gasteiger partial charge in [0, 0.05) is 11.6 Å². The molecule has 0 bridgehead atoms. The smallest absolute Gasteiger partial charge is 0.257 e. The summed E-state index contributed by atoms with van der Waals surface area (Å²) in [5.41, 5.74) is 0.175. The van der Waals surface area contributed by atoms with Gasteiger partial charge in [-0.25, -0.2) is 4.39 Å². The lowest BCUT2D eigenvalue weighted by Crippen LogP contribution is -2.12.